The molecule has 0 saturated carbocycles. The minimum absolute atomic E-state index is 0.0907. The molecule has 0 saturated heterocycles. The van der Waals surface area contributed by atoms with Crippen molar-refractivity contribution in [3.63, 3.8) is 0 Å². The van der Waals surface area contributed by atoms with Crippen LogP contribution in [0.25, 0.3) is 0 Å². The van der Waals surface area contributed by atoms with E-state index in [-0.39, 0.29) is 6.04 Å². The van der Waals surface area contributed by atoms with Crippen molar-refractivity contribution in [3.05, 3.63) is 46.2 Å². The van der Waals surface area contributed by atoms with Gasteiger partial charge in [0.15, 0.2) is 5.16 Å². The lowest BCUT2D eigenvalue weighted by atomic mass is 10.1. The summed E-state index contributed by atoms with van der Waals surface area (Å²) in [6.45, 7) is 5.92. The van der Waals surface area contributed by atoms with E-state index in [2.05, 4.69) is 16.0 Å². The van der Waals surface area contributed by atoms with Gasteiger partial charge < -0.3 is 5.73 Å². The fourth-order valence-corrected chi connectivity index (χ4v) is 3.33. The topological polar surface area (TPSA) is 51.8 Å². The highest BCUT2D eigenvalue weighted by Gasteiger charge is 2.12. The second kappa shape index (κ2) is 6.57. The van der Waals surface area contributed by atoms with E-state index in [1.54, 1.807) is 0 Å². The normalized spacial score (nSPS) is 12.4. The quantitative estimate of drug-likeness (QED) is 0.873. The number of aryl methyl sites for hydroxylation is 2. The Labute approximate surface area is 129 Å². The molecule has 0 fully saturated rings. The van der Waals surface area contributed by atoms with Gasteiger partial charge in [-0.2, -0.15) is 0 Å². The van der Waals surface area contributed by atoms with Crippen molar-refractivity contribution >= 4 is 23.4 Å². The summed E-state index contributed by atoms with van der Waals surface area (Å²) in [6, 6.07) is 7.94. The van der Waals surface area contributed by atoms with Gasteiger partial charge in [0.1, 0.15) is 0 Å². The number of hydrogen-bond acceptors (Lipinski definition) is 4. The molecular weight excluding hydrogens is 290 g/mol. The Hall–Kier alpha value is -1.10. The lowest BCUT2D eigenvalue weighted by molar-refractivity contribution is 0.729. The average Bonchev–Trinajstić information content (AvgIpc) is 2.31. The van der Waals surface area contributed by atoms with Crippen LogP contribution in [0.15, 0.2) is 34.3 Å². The third-order valence-corrected chi connectivity index (χ3v) is 4.22. The molecule has 1 atom stereocenters. The number of halogens is 1. The van der Waals surface area contributed by atoms with Gasteiger partial charge in [-0.15, -0.1) is 0 Å². The van der Waals surface area contributed by atoms with Gasteiger partial charge in [0, 0.05) is 22.3 Å². The molecule has 1 aromatic carbocycles. The summed E-state index contributed by atoms with van der Waals surface area (Å²) in [5.74, 6) is 0. The number of hydrogen-bond donors (Lipinski definition) is 1. The summed E-state index contributed by atoms with van der Waals surface area (Å²) in [7, 11) is 0. The number of rotatable bonds is 4. The van der Waals surface area contributed by atoms with Crippen molar-refractivity contribution in [1.82, 2.24) is 9.97 Å². The van der Waals surface area contributed by atoms with Crippen molar-refractivity contribution in [2.24, 2.45) is 5.73 Å². The molecule has 0 spiro atoms. The molecular formula is C15H18ClN3S. The molecule has 3 nitrogen and oxygen atoms in total. The Morgan fingerprint density at radius 3 is 2.50 bits per heavy atom. The first-order valence-electron chi connectivity index (χ1n) is 6.49. The van der Waals surface area contributed by atoms with Crippen LogP contribution in [0.4, 0.5) is 0 Å². The summed E-state index contributed by atoms with van der Waals surface area (Å²) in [6.07, 6.45) is 0.785. The molecule has 5 heteroatoms. The van der Waals surface area contributed by atoms with Crippen molar-refractivity contribution in [2.75, 3.05) is 0 Å². The van der Waals surface area contributed by atoms with E-state index in [1.807, 2.05) is 39.0 Å². The lowest BCUT2D eigenvalue weighted by Gasteiger charge is -2.12. The summed E-state index contributed by atoms with van der Waals surface area (Å²) in [5.41, 5.74) is 8.96. The molecule has 2 N–H and O–H groups in total. The number of nitrogens with two attached hydrogens (primary N) is 1. The van der Waals surface area contributed by atoms with Crippen LogP contribution in [0, 0.1) is 13.8 Å². The largest absolute Gasteiger partial charge is 0.328 e. The van der Waals surface area contributed by atoms with Crippen LogP contribution >= 0.6 is 23.4 Å². The number of nitrogens with zero attached hydrogens (tertiary/aromatic N) is 2. The van der Waals surface area contributed by atoms with Gasteiger partial charge in [0.25, 0.3) is 0 Å². The summed E-state index contributed by atoms with van der Waals surface area (Å²) in [5, 5.41) is 1.44. The van der Waals surface area contributed by atoms with Crippen molar-refractivity contribution in [1.29, 1.82) is 0 Å². The molecule has 0 radical (unpaired) electrons. The summed E-state index contributed by atoms with van der Waals surface area (Å²) in [4.78, 5) is 9.90. The SMILES string of the molecule is Cc1cc(C)nc(Sc2c(Cl)cccc2CC(C)N)n1. The van der Waals surface area contributed by atoms with E-state index in [1.165, 1.54) is 11.8 Å². The predicted octanol–water partition coefficient (Wildman–Crippen LogP) is 3.79. The molecule has 2 aromatic rings. The minimum atomic E-state index is 0.0907. The number of benzene rings is 1. The van der Waals surface area contributed by atoms with Gasteiger partial charge in [-0.1, -0.05) is 23.7 Å². The smallest absolute Gasteiger partial charge is 0.192 e. The molecule has 2 rings (SSSR count). The van der Waals surface area contributed by atoms with Crippen LogP contribution in [0.2, 0.25) is 5.02 Å². The van der Waals surface area contributed by atoms with E-state index in [0.29, 0.717) is 0 Å². The minimum Gasteiger partial charge on any atom is -0.328 e. The van der Waals surface area contributed by atoms with Crippen molar-refractivity contribution in [2.45, 2.75) is 43.3 Å². The maximum absolute atomic E-state index is 6.33. The third kappa shape index (κ3) is 3.95. The third-order valence-electron chi connectivity index (χ3n) is 2.75. The van der Waals surface area contributed by atoms with Gasteiger partial charge in [-0.05, 0) is 56.7 Å². The van der Waals surface area contributed by atoms with E-state index < -0.39 is 0 Å². The van der Waals surface area contributed by atoms with Gasteiger partial charge >= 0.3 is 0 Å². The zero-order chi connectivity index (χ0) is 14.7. The van der Waals surface area contributed by atoms with E-state index in [4.69, 9.17) is 17.3 Å². The molecule has 106 valence electrons. The Kier molecular flexibility index (Phi) is 5.02. The Balaban J connectivity index is 2.36. The second-order valence-corrected chi connectivity index (χ2v) is 6.33. The van der Waals surface area contributed by atoms with Gasteiger partial charge in [-0.25, -0.2) is 9.97 Å². The highest BCUT2D eigenvalue weighted by atomic mass is 35.5. The van der Waals surface area contributed by atoms with Gasteiger partial charge in [0.2, 0.25) is 0 Å². The van der Waals surface area contributed by atoms with Crippen LogP contribution in [-0.4, -0.2) is 16.0 Å². The zero-order valence-corrected chi connectivity index (χ0v) is 13.4. The van der Waals surface area contributed by atoms with Gasteiger partial charge in [-0.3, -0.25) is 0 Å². The molecule has 0 amide bonds. The molecule has 0 aliphatic rings. The zero-order valence-electron chi connectivity index (χ0n) is 11.9. The molecule has 0 bridgehead atoms. The van der Waals surface area contributed by atoms with Crippen LogP contribution in [0.5, 0.6) is 0 Å². The highest BCUT2D eigenvalue weighted by molar-refractivity contribution is 7.99. The average molecular weight is 308 g/mol. The summed E-state index contributed by atoms with van der Waals surface area (Å²) >= 11 is 7.83. The molecule has 1 aromatic heterocycles. The maximum atomic E-state index is 6.33. The van der Waals surface area contributed by atoms with Crippen LogP contribution in [0.1, 0.15) is 23.9 Å². The maximum Gasteiger partial charge on any atom is 0.192 e. The fraction of sp³-hybridized carbons (Fsp3) is 0.333. The standard InChI is InChI=1S/C15H18ClN3S/c1-9(17)7-12-5-4-6-13(16)14(12)20-15-18-10(2)8-11(3)19-15/h4-6,8-9H,7,17H2,1-3H3. The summed E-state index contributed by atoms with van der Waals surface area (Å²) < 4.78 is 0. The molecule has 1 unspecified atom stereocenters. The monoisotopic (exact) mass is 307 g/mol. The Morgan fingerprint density at radius 1 is 1.25 bits per heavy atom. The van der Waals surface area contributed by atoms with Crippen LogP contribution in [0.3, 0.4) is 0 Å². The van der Waals surface area contributed by atoms with Crippen molar-refractivity contribution < 1.29 is 0 Å². The molecule has 1 heterocycles. The van der Waals surface area contributed by atoms with E-state index in [9.17, 15) is 0 Å². The van der Waals surface area contributed by atoms with Gasteiger partial charge in [0.05, 0.1) is 5.02 Å². The first-order valence-corrected chi connectivity index (χ1v) is 7.68. The first kappa shape index (κ1) is 15.3. The molecule has 0 aliphatic heterocycles. The van der Waals surface area contributed by atoms with E-state index >= 15 is 0 Å². The Bertz CT molecular complexity index is 594. The van der Waals surface area contributed by atoms with E-state index in [0.717, 1.165) is 38.4 Å². The Morgan fingerprint density at radius 2 is 1.90 bits per heavy atom. The second-order valence-electron chi connectivity index (χ2n) is 4.94. The lowest BCUT2D eigenvalue weighted by Crippen LogP contribution is -2.18. The predicted molar refractivity (Wildman–Crippen MR) is 84.4 cm³/mol. The van der Waals surface area contributed by atoms with Crippen LogP contribution in [-0.2, 0) is 6.42 Å². The van der Waals surface area contributed by atoms with Crippen LogP contribution < -0.4 is 5.73 Å². The molecule has 0 aliphatic carbocycles. The number of aromatic nitrogens is 2. The first-order chi connectivity index (χ1) is 9.45. The van der Waals surface area contributed by atoms with Crippen molar-refractivity contribution in [3.8, 4) is 0 Å². The highest BCUT2D eigenvalue weighted by Crippen LogP contribution is 2.35. The fourth-order valence-electron chi connectivity index (χ4n) is 2.01. The molecule has 20 heavy (non-hydrogen) atoms.